The van der Waals surface area contributed by atoms with E-state index in [9.17, 15) is 14.4 Å². The van der Waals surface area contributed by atoms with Crippen molar-refractivity contribution in [3.05, 3.63) is 29.3 Å². The highest BCUT2D eigenvalue weighted by atomic mass is 16.5. The van der Waals surface area contributed by atoms with Gasteiger partial charge in [0, 0.05) is 49.5 Å². The van der Waals surface area contributed by atoms with Gasteiger partial charge in [0.1, 0.15) is 6.04 Å². The number of nitrogens with zero attached hydrogens (tertiary/aromatic N) is 2. The number of piperidine rings is 3. The second kappa shape index (κ2) is 9.19. The molecule has 4 heterocycles. The Morgan fingerprint density at radius 1 is 1.00 bits per heavy atom. The fourth-order valence-corrected chi connectivity index (χ4v) is 5.44. The molecule has 0 radical (unpaired) electrons. The molecule has 172 valence electrons. The molecule has 1 unspecified atom stereocenters. The minimum absolute atomic E-state index is 0.110. The van der Waals surface area contributed by atoms with Gasteiger partial charge in [-0.15, -0.1) is 0 Å². The molecule has 0 bridgehead atoms. The molecule has 0 spiro atoms. The Kier molecular flexibility index (Phi) is 6.15. The molecule has 1 aromatic carbocycles. The summed E-state index contributed by atoms with van der Waals surface area (Å²) in [6.45, 7) is 5.27. The molecule has 0 aromatic heterocycles. The van der Waals surface area contributed by atoms with Crippen LogP contribution in [0.5, 0.6) is 0 Å². The Labute approximate surface area is 188 Å². The SMILES string of the molecule is O=C1CCC(N2Cc3c(cccc3N3CCC(COC4CCNCC4)CC3)C2=O)C(=O)N1. The van der Waals surface area contributed by atoms with Crippen molar-refractivity contribution >= 4 is 23.4 Å². The van der Waals surface area contributed by atoms with E-state index in [-0.39, 0.29) is 24.1 Å². The zero-order chi connectivity index (χ0) is 22.1. The lowest BCUT2D eigenvalue weighted by Crippen LogP contribution is -2.52. The van der Waals surface area contributed by atoms with Gasteiger partial charge in [-0.25, -0.2) is 0 Å². The van der Waals surface area contributed by atoms with Crippen molar-refractivity contribution in [1.29, 1.82) is 0 Å². The predicted octanol–water partition coefficient (Wildman–Crippen LogP) is 1.43. The van der Waals surface area contributed by atoms with Crippen molar-refractivity contribution in [2.24, 2.45) is 5.92 Å². The summed E-state index contributed by atoms with van der Waals surface area (Å²) in [5, 5.41) is 5.75. The van der Waals surface area contributed by atoms with Gasteiger partial charge in [0.25, 0.3) is 5.91 Å². The van der Waals surface area contributed by atoms with E-state index in [1.807, 2.05) is 12.1 Å². The summed E-state index contributed by atoms with van der Waals surface area (Å²) in [7, 11) is 0. The molecular weight excluding hydrogens is 408 g/mol. The van der Waals surface area contributed by atoms with Gasteiger partial charge < -0.3 is 19.9 Å². The normalized spacial score (nSPS) is 25.2. The Bertz CT molecular complexity index is 890. The summed E-state index contributed by atoms with van der Waals surface area (Å²) in [5.74, 6) is -0.150. The first-order valence-corrected chi connectivity index (χ1v) is 11.9. The van der Waals surface area contributed by atoms with Crippen molar-refractivity contribution in [2.45, 2.75) is 57.2 Å². The van der Waals surface area contributed by atoms with Crippen LogP contribution in [-0.2, 0) is 20.9 Å². The second-order valence-electron chi connectivity index (χ2n) is 9.42. The lowest BCUT2D eigenvalue weighted by Gasteiger charge is -2.35. The quantitative estimate of drug-likeness (QED) is 0.674. The number of nitrogens with one attached hydrogen (secondary N) is 2. The number of ether oxygens (including phenoxy) is 1. The molecule has 8 nitrogen and oxygen atoms in total. The highest BCUT2D eigenvalue weighted by Crippen LogP contribution is 2.35. The molecule has 3 amide bonds. The van der Waals surface area contributed by atoms with E-state index >= 15 is 0 Å². The maximum Gasteiger partial charge on any atom is 0.255 e. The molecule has 1 atom stereocenters. The molecule has 3 saturated heterocycles. The van der Waals surface area contributed by atoms with Gasteiger partial charge in [0.05, 0.1) is 6.10 Å². The number of fused-ring (bicyclic) bond motifs is 1. The van der Waals surface area contributed by atoms with Crippen molar-refractivity contribution in [2.75, 3.05) is 37.7 Å². The number of anilines is 1. The Balaban J connectivity index is 1.21. The summed E-state index contributed by atoms with van der Waals surface area (Å²) in [4.78, 5) is 40.9. The van der Waals surface area contributed by atoms with Crippen LogP contribution in [0.3, 0.4) is 0 Å². The first-order chi connectivity index (χ1) is 15.6. The van der Waals surface area contributed by atoms with E-state index in [1.165, 1.54) is 0 Å². The van der Waals surface area contributed by atoms with Crippen LogP contribution >= 0.6 is 0 Å². The van der Waals surface area contributed by atoms with E-state index in [0.29, 0.717) is 30.6 Å². The molecule has 2 N–H and O–H groups in total. The smallest absolute Gasteiger partial charge is 0.255 e. The van der Waals surface area contributed by atoms with E-state index in [2.05, 4.69) is 21.6 Å². The van der Waals surface area contributed by atoms with Crippen molar-refractivity contribution in [3.8, 4) is 0 Å². The van der Waals surface area contributed by atoms with Crippen molar-refractivity contribution in [3.63, 3.8) is 0 Å². The van der Waals surface area contributed by atoms with Gasteiger partial charge in [0.15, 0.2) is 0 Å². The van der Waals surface area contributed by atoms with Crippen LogP contribution in [0.15, 0.2) is 18.2 Å². The maximum atomic E-state index is 13.1. The van der Waals surface area contributed by atoms with Gasteiger partial charge in [-0.1, -0.05) is 6.07 Å². The lowest BCUT2D eigenvalue weighted by atomic mass is 9.96. The number of carbonyl (C=O) groups excluding carboxylic acids is 3. The monoisotopic (exact) mass is 440 g/mol. The first kappa shape index (κ1) is 21.4. The van der Waals surface area contributed by atoms with E-state index in [4.69, 9.17) is 4.74 Å². The average molecular weight is 441 g/mol. The number of rotatable bonds is 5. The molecule has 1 aromatic rings. The predicted molar refractivity (Wildman–Crippen MR) is 119 cm³/mol. The van der Waals surface area contributed by atoms with Crippen LogP contribution in [0.1, 0.15) is 54.4 Å². The van der Waals surface area contributed by atoms with E-state index < -0.39 is 6.04 Å². The Hall–Kier alpha value is -2.45. The third kappa shape index (κ3) is 4.26. The van der Waals surface area contributed by atoms with Gasteiger partial charge in [0.2, 0.25) is 11.8 Å². The third-order valence-electron chi connectivity index (χ3n) is 7.37. The zero-order valence-electron chi connectivity index (χ0n) is 18.5. The van der Waals surface area contributed by atoms with E-state index in [1.54, 1.807) is 4.90 Å². The van der Waals surface area contributed by atoms with Gasteiger partial charge in [-0.2, -0.15) is 0 Å². The number of amides is 3. The maximum absolute atomic E-state index is 13.1. The minimum atomic E-state index is -0.571. The summed E-state index contributed by atoms with van der Waals surface area (Å²) in [5.41, 5.74) is 2.79. The van der Waals surface area contributed by atoms with Gasteiger partial charge >= 0.3 is 0 Å². The van der Waals surface area contributed by atoms with Crippen LogP contribution in [0, 0.1) is 5.92 Å². The second-order valence-corrected chi connectivity index (χ2v) is 9.42. The van der Waals surface area contributed by atoms with Gasteiger partial charge in [-0.05, 0) is 63.2 Å². The third-order valence-corrected chi connectivity index (χ3v) is 7.37. The van der Waals surface area contributed by atoms with Crippen molar-refractivity contribution < 1.29 is 19.1 Å². The number of benzene rings is 1. The average Bonchev–Trinajstić information content (AvgIpc) is 3.15. The molecule has 32 heavy (non-hydrogen) atoms. The first-order valence-electron chi connectivity index (χ1n) is 11.9. The summed E-state index contributed by atoms with van der Waals surface area (Å²) in [6, 6.07) is 5.31. The molecule has 5 rings (SSSR count). The van der Waals surface area contributed by atoms with Crippen LogP contribution in [0.2, 0.25) is 0 Å². The molecular formula is C24H32N4O4. The molecule has 8 heteroatoms. The minimum Gasteiger partial charge on any atom is -0.378 e. The van der Waals surface area contributed by atoms with Crippen LogP contribution in [0.25, 0.3) is 0 Å². The summed E-state index contributed by atoms with van der Waals surface area (Å²) < 4.78 is 6.18. The highest BCUT2D eigenvalue weighted by Gasteiger charge is 2.40. The number of hydrogen-bond acceptors (Lipinski definition) is 6. The summed E-state index contributed by atoms with van der Waals surface area (Å²) in [6.07, 6.45) is 5.44. The largest absolute Gasteiger partial charge is 0.378 e. The molecule has 4 aliphatic rings. The number of hydrogen-bond donors (Lipinski definition) is 2. The molecule has 3 fully saturated rings. The Morgan fingerprint density at radius 2 is 1.78 bits per heavy atom. The van der Waals surface area contributed by atoms with Crippen molar-refractivity contribution in [1.82, 2.24) is 15.5 Å². The standard InChI is InChI=1S/C24H32N4O4/c29-22-5-4-21(23(30)26-22)28-14-19-18(24(28)31)2-1-3-20(19)27-12-8-16(9-13-27)15-32-17-6-10-25-11-7-17/h1-3,16-17,21,25H,4-15H2,(H,26,29,30). The fraction of sp³-hybridized carbons (Fsp3) is 0.625. The van der Waals surface area contributed by atoms with Crippen LogP contribution < -0.4 is 15.5 Å². The number of carbonyl (C=O) groups is 3. The lowest BCUT2D eigenvalue weighted by molar-refractivity contribution is -0.136. The zero-order valence-corrected chi connectivity index (χ0v) is 18.5. The molecule has 0 aliphatic carbocycles. The molecule has 0 saturated carbocycles. The fourth-order valence-electron chi connectivity index (χ4n) is 5.44. The topological polar surface area (TPSA) is 91.0 Å². The van der Waals surface area contributed by atoms with Crippen LogP contribution in [-0.4, -0.2) is 67.6 Å². The van der Waals surface area contributed by atoms with Crippen LogP contribution in [0.4, 0.5) is 5.69 Å². The van der Waals surface area contributed by atoms with E-state index in [0.717, 1.165) is 69.7 Å². The summed E-state index contributed by atoms with van der Waals surface area (Å²) >= 11 is 0. The number of imide groups is 1. The Morgan fingerprint density at radius 3 is 2.53 bits per heavy atom. The highest BCUT2D eigenvalue weighted by molar-refractivity contribution is 6.06. The van der Waals surface area contributed by atoms with Gasteiger partial charge in [-0.3, -0.25) is 19.7 Å². The molecule has 4 aliphatic heterocycles.